The van der Waals surface area contributed by atoms with Crippen LogP contribution in [0.5, 0.6) is 34.9 Å². The maximum Gasteiger partial charge on any atom is 0.307 e. The number of rotatable bonds is 6. The topological polar surface area (TPSA) is 324 Å². The fourth-order valence-electron chi connectivity index (χ4n) is 19.2. The number of hydrogen-bond donors (Lipinski definition) is 0. The summed E-state index contributed by atoms with van der Waals surface area (Å²) in [6.45, 7) is 16.7. The summed E-state index contributed by atoms with van der Waals surface area (Å²) >= 11 is 0. The second-order valence-electron chi connectivity index (χ2n) is 39.2. The van der Waals surface area contributed by atoms with Crippen molar-refractivity contribution < 1.29 is 163 Å². The molecule has 6 bridgehead atoms. The second-order valence-corrected chi connectivity index (χ2v) is 39.2. The molecule has 0 N–H and O–H groups in total. The summed E-state index contributed by atoms with van der Waals surface area (Å²) in [5.41, 5.74) is 1.86. The Morgan fingerprint density at radius 2 is 0.822 bits per heavy atom. The molecule has 6 aromatic rings. The van der Waals surface area contributed by atoms with Gasteiger partial charge in [-0.1, -0.05) is 101 Å². The SMILES string of the molecule is COc1ccc2nc3c(nc2c1)O[C@H]1CN(C(=O)[C@H](C(C)(C)C)CC(=O)O[C@@H]2CC4CC4[C@H]2CCCCC3)[C@H]([C-]=O)[C@@H]1F.COc1ccc2nc3c(nc2c1)O[C@H]1CN(C(=O)[C@H](C(C)(C)C)CC(=O)O[C@@H]2C[C@H]2CCCCC3)[C@H]([C-]=O)C1(F)F.COc1ccc2nc3c(nc2c1)O[C@H]1CN(C(=O)[C@H](C(C)(C)C)CC(=O)O[C@]2(C)C[C@H]2CCCCC3)[C@H]([C-]=O)C1(F)F.[V].[V].[V]. The van der Waals surface area contributed by atoms with Crippen LogP contribution in [0.25, 0.3) is 33.1 Å². The number of halogens is 5. The van der Waals surface area contributed by atoms with E-state index in [0.29, 0.717) is 104 Å². The zero-order valence-electron chi connectivity index (χ0n) is 75.3. The van der Waals surface area contributed by atoms with Crippen LogP contribution in [-0.4, -0.2) is 212 Å². The summed E-state index contributed by atoms with van der Waals surface area (Å²) in [5.74, 6) is -9.97. The van der Waals surface area contributed by atoms with Gasteiger partial charge in [0.05, 0.1) is 111 Å². The maximum atomic E-state index is 15.8. The minimum Gasteiger partial charge on any atom is -0.540 e. The molecule has 3 saturated heterocycles. The summed E-state index contributed by atoms with van der Waals surface area (Å²) in [5, 5.41) is 0. The predicted octanol–water partition coefficient (Wildman–Crippen LogP) is 14.0. The molecule has 3 aromatic carbocycles. The van der Waals surface area contributed by atoms with Gasteiger partial charge < -0.3 is 71.7 Å². The number of amides is 3. The van der Waals surface area contributed by atoms with Crippen molar-refractivity contribution in [2.24, 2.45) is 63.6 Å². The van der Waals surface area contributed by atoms with E-state index in [-0.39, 0.29) is 123 Å². The summed E-state index contributed by atoms with van der Waals surface area (Å²) in [7, 11) is 4.58. The van der Waals surface area contributed by atoms with Gasteiger partial charge in [0, 0.05) is 91.9 Å². The molecule has 2 unspecified atom stereocenters. The molecule has 3 radical (unpaired) electrons. The molecule has 9 heterocycles. The molecule has 129 heavy (non-hydrogen) atoms. The number of benzene rings is 3. The summed E-state index contributed by atoms with van der Waals surface area (Å²) < 4.78 is 130. The van der Waals surface area contributed by atoms with E-state index < -0.39 is 143 Å². The Bertz CT molecular complexity index is 5100. The van der Waals surface area contributed by atoms with Crippen molar-refractivity contribution in [2.75, 3.05) is 41.0 Å². The zero-order valence-corrected chi connectivity index (χ0v) is 79.5. The first-order valence-electron chi connectivity index (χ1n) is 44.3. The molecule has 3 aromatic heterocycles. The number of alkyl halides is 5. The Morgan fingerprint density at radius 1 is 0.426 bits per heavy atom. The second kappa shape index (κ2) is 41.1. The van der Waals surface area contributed by atoms with E-state index >= 15 is 22.0 Å². The molecule has 697 valence electrons. The average molecular weight is 1910 g/mol. The van der Waals surface area contributed by atoms with Gasteiger partial charge >= 0.3 is 17.9 Å². The monoisotopic (exact) mass is 1910 g/mol. The van der Waals surface area contributed by atoms with Gasteiger partial charge in [0.15, 0.2) is 12.2 Å². The van der Waals surface area contributed by atoms with Crippen molar-refractivity contribution in [3.05, 3.63) is 71.7 Å². The normalized spacial score (nSPS) is 30.2. The summed E-state index contributed by atoms with van der Waals surface area (Å²) in [6.07, 6.45) is 12.4. The van der Waals surface area contributed by atoms with Gasteiger partial charge in [-0.15, -0.1) is 0 Å². The number of ether oxygens (including phenoxy) is 9. The predicted molar refractivity (Wildman–Crippen MR) is 449 cm³/mol. The molecule has 4 aliphatic carbocycles. The molecule has 16 rings (SSSR count). The van der Waals surface area contributed by atoms with Crippen LogP contribution in [-0.2, 0) is 132 Å². The number of methoxy groups -OCH3 is 3. The van der Waals surface area contributed by atoms with Crippen LogP contribution in [0.2, 0.25) is 0 Å². The van der Waals surface area contributed by atoms with Crippen molar-refractivity contribution in [3.8, 4) is 34.9 Å². The Morgan fingerprint density at radius 3 is 1.24 bits per heavy atom. The van der Waals surface area contributed by atoms with Gasteiger partial charge in [0.25, 0.3) is 11.8 Å². The van der Waals surface area contributed by atoms with Gasteiger partial charge in [0.1, 0.15) is 64.4 Å². The number of carbonyl (C=O) groups is 6. The third kappa shape index (κ3) is 22.6. The van der Waals surface area contributed by atoms with Crippen LogP contribution >= 0.6 is 0 Å². The fourth-order valence-corrected chi connectivity index (χ4v) is 19.2. The van der Waals surface area contributed by atoms with E-state index in [1.807, 2.05) is 39.8 Å². The third-order valence-electron chi connectivity index (χ3n) is 27.2. The van der Waals surface area contributed by atoms with Crippen LogP contribution in [0.4, 0.5) is 22.0 Å². The maximum absolute atomic E-state index is 15.8. The van der Waals surface area contributed by atoms with E-state index in [1.54, 1.807) is 97.4 Å². The van der Waals surface area contributed by atoms with Gasteiger partial charge in [-0.3, -0.25) is 28.8 Å². The van der Waals surface area contributed by atoms with Crippen LogP contribution in [0.1, 0.15) is 208 Å². The van der Waals surface area contributed by atoms with Crippen molar-refractivity contribution in [1.29, 1.82) is 0 Å². The van der Waals surface area contributed by atoms with Gasteiger partial charge in [0.2, 0.25) is 35.4 Å². The first-order chi connectivity index (χ1) is 59.7. The van der Waals surface area contributed by atoms with E-state index in [0.717, 1.165) is 106 Å². The Balaban J connectivity index is 0.000000185. The van der Waals surface area contributed by atoms with Crippen molar-refractivity contribution in [3.63, 3.8) is 0 Å². The number of fused-ring (bicyclic) bond motifs is 17. The molecule has 6 aliphatic heterocycles. The number of carbonyl (C=O) groups excluding carboxylic acids is 9. The van der Waals surface area contributed by atoms with E-state index in [9.17, 15) is 43.2 Å². The molecule has 18 atom stereocenters. The quantitative estimate of drug-likeness (QED) is 0.0647. The van der Waals surface area contributed by atoms with Crippen LogP contribution in [0.3, 0.4) is 0 Å². The fraction of sp³-hybridized carbons (Fsp3) is 0.649. The third-order valence-corrected chi connectivity index (χ3v) is 27.2. The van der Waals surface area contributed by atoms with Crippen LogP contribution < -0.4 is 28.4 Å². The Labute approximate surface area is 784 Å². The van der Waals surface area contributed by atoms with Crippen molar-refractivity contribution in [2.45, 2.75) is 283 Å². The first kappa shape index (κ1) is 101. The van der Waals surface area contributed by atoms with Gasteiger partial charge in [-0.05, 0) is 173 Å². The van der Waals surface area contributed by atoms with Gasteiger partial charge in [-0.25, -0.2) is 70.7 Å². The molecular weight excluding hydrogens is 1790 g/mol. The number of aromatic nitrogens is 6. The molecule has 0 spiro atoms. The molecule has 7 fully saturated rings. The molecular formula is C94H115F5N9O18V3-3. The molecule has 35 heteroatoms. The summed E-state index contributed by atoms with van der Waals surface area (Å²) in [4.78, 5) is 147. The zero-order chi connectivity index (χ0) is 90.4. The van der Waals surface area contributed by atoms with Gasteiger partial charge in [-0.2, -0.15) is 0 Å². The standard InChI is InChI=1S/C33H41FN3O6.C31H38F2N3O6.C30H36F2N3O6.3V/c1-33(2,3)22-15-29(39)42-27-13-18-12-21(18)20(27)8-6-5-7-9-24-31(36-25-14-19(41-4)10-11-23(25)35-24)43-28-16-37(32(22)40)26(17-38)30(28)34;1-29(2,3)20-14-26(38)42-30(4)15-18(30)9-7-6-8-10-22-27(35-23-13-19(40-5)11-12-21(23)34-22)41-25-16-36(28(20)39)24(17-37)31(25,32)33;1-29(2,3)19-14-26(37)40-23-12-17(23)8-6-5-7-9-21-27(34-22-13-18(39-4)10-11-20(22)33-21)41-25-15-35(28(19)38)24(16-36)30(25,31)32;;;/h10-11,14,18,20-22,26-28,30H,5-9,12-13,15-16H2,1-4H3;11-13,18,20,24-25H,6-10,14-16H2,1-5H3;10-11,13,17,19,23-25H,5-9,12,14-15H2,1-4H3;;;/q3*-1;;;/t18?,20-,21?,22-,26-,27-,28+,30+;18-,20-,24-,25+,30-;17-,19-,23-,24-,25+;;;/m111.../s1. The van der Waals surface area contributed by atoms with Crippen LogP contribution in [0.15, 0.2) is 54.6 Å². The molecule has 4 saturated carbocycles. The first-order valence-corrected chi connectivity index (χ1v) is 44.3. The van der Waals surface area contributed by atoms with Crippen molar-refractivity contribution in [1.82, 2.24) is 44.6 Å². The molecule has 27 nitrogen and oxygen atoms in total. The van der Waals surface area contributed by atoms with E-state index in [4.69, 9.17) is 52.6 Å². The van der Waals surface area contributed by atoms with E-state index in [1.165, 1.54) is 38.1 Å². The molecule has 10 aliphatic rings. The largest absolute Gasteiger partial charge is 0.540 e. The van der Waals surface area contributed by atoms with E-state index in [2.05, 4.69) is 19.9 Å². The minimum atomic E-state index is -3.76. The Kier molecular flexibility index (Phi) is 32.2. The number of hydrogen-bond acceptors (Lipinski definition) is 24. The number of aryl methyl sites for hydroxylation is 3. The van der Waals surface area contributed by atoms with Crippen molar-refractivity contribution >= 4 is 87.6 Å². The number of esters is 3. The average Bonchev–Trinajstić information content (AvgIpc) is 1.56. The minimum absolute atomic E-state index is 0. The Hall–Kier alpha value is -8.29. The van der Waals surface area contributed by atoms with Crippen LogP contribution in [0, 0.1) is 63.6 Å². The smallest absolute Gasteiger partial charge is 0.307 e. The number of nitrogens with zero attached hydrogens (tertiary/aromatic N) is 9. The summed E-state index contributed by atoms with van der Waals surface area (Å²) in [6, 6.07) is 9.85. The molecule has 3 amide bonds.